The molecule has 1 aliphatic rings. The van der Waals surface area contributed by atoms with Crippen LogP contribution in [0.25, 0.3) is 0 Å². The third-order valence-electron chi connectivity index (χ3n) is 4.53. The molecule has 0 aliphatic carbocycles. The molecule has 2 heterocycles. The summed E-state index contributed by atoms with van der Waals surface area (Å²) < 4.78 is 7.53. The van der Waals surface area contributed by atoms with Crippen molar-refractivity contribution in [2.45, 2.75) is 32.2 Å². The molecule has 24 heavy (non-hydrogen) atoms. The van der Waals surface area contributed by atoms with Crippen LogP contribution < -0.4 is 4.74 Å². The number of carbonyl (C=O) groups is 1. The second-order valence-corrected chi connectivity index (χ2v) is 6.43. The van der Waals surface area contributed by atoms with E-state index < -0.39 is 0 Å². The molecule has 6 heteroatoms. The van der Waals surface area contributed by atoms with Crippen molar-refractivity contribution in [1.29, 1.82) is 0 Å². The van der Waals surface area contributed by atoms with Crippen LogP contribution in [0.1, 0.15) is 42.0 Å². The largest absolute Gasteiger partial charge is 0.496 e. The summed E-state index contributed by atoms with van der Waals surface area (Å²) in [7, 11) is 1.57. The predicted octanol–water partition coefficient (Wildman–Crippen LogP) is 3.58. The number of methoxy groups -OCH3 is 1. The van der Waals surface area contributed by atoms with E-state index in [1.807, 2.05) is 17.3 Å². The van der Waals surface area contributed by atoms with Gasteiger partial charge in [0.15, 0.2) is 0 Å². The molecule has 0 unspecified atom stereocenters. The van der Waals surface area contributed by atoms with Gasteiger partial charge in [0.25, 0.3) is 5.91 Å². The minimum atomic E-state index is -0.0304. The van der Waals surface area contributed by atoms with Crippen LogP contribution in [-0.2, 0) is 6.42 Å². The van der Waals surface area contributed by atoms with Crippen LogP contribution in [0.4, 0.5) is 0 Å². The summed E-state index contributed by atoms with van der Waals surface area (Å²) in [5.41, 5.74) is 0.520. The monoisotopic (exact) mass is 347 g/mol. The Bertz CT molecular complexity index is 729. The molecule has 1 aromatic heterocycles. The Labute approximate surface area is 147 Å². The lowest BCUT2D eigenvalue weighted by Crippen LogP contribution is -2.41. The number of rotatable bonds is 4. The van der Waals surface area contributed by atoms with Gasteiger partial charge in [0.1, 0.15) is 11.6 Å². The van der Waals surface area contributed by atoms with Crippen molar-refractivity contribution in [2.75, 3.05) is 20.2 Å². The molecule has 128 valence electrons. The van der Waals surface area contributed by atoms with Gasteiger partial charge in [-0.3, -0.25) is 4.79 Å². The van der Waals surface area contributed by atoms with E-state index in [0.29, 0.717) is 22.9 Å². The zero-order chi connectivity index (χ0) is 17.1. The molecular weight excluding hydrogens is 326 g/mol. The maximum atomic E-state index is 13.0. The molecule has 1 aromatic carbocycles. The van der Waals surface area contributed by atoms with E-state index in [1.165, 1.54) is 0 Å². The number of hydrogen-bond acceptors (Lipinski definition) is 3. The number of aryl methyl sites for hydroxylation is 1. The third kappa shape index (κ3) is 3.26. The van der Waals surface area contributed by atoms with E-state index in [2.05, 4.69) is 16.5 Å². The number of likely N-dealkylation sites (tertiary alicyclic amines) is 1. The SMILES string of the molecule is CCc1nccn1[C@@H]1CCCN(C(=O)c2cc(Cl)ccc2OC)C1. The number of ether oxygens (including phenoxy) is 1. The molecule has 2 aromatic rings. The van der Waals surface area contributed by atoms with Crippen LogP contribution in [0.5, 0.6) is 5.75 Å². The Morgan fingerprint density at radius 3 is 3.04 bits per heavy atom. The summed E-state index contributed by atoms with van der Waals surface area (Å²) in [4.78, 5) is 19.3. The smallest absolute Gasteiger partial charge is 0.257 e. The lowest BCUT2D eigenvalue weighted by atomic mass is 10.0. The fourth-order valence-electron chi connectivity index (χ4n) is 3.33. The second kappa shape index (κ2) is 7.26. The molecule has 0 bridgehead atoms. The number of benzene rings is 1. The van der Waals surface area contributed by atoms with E-state index in [4.69, 9.17) is 16.3 Å². The van der Waals surface area contributed by atoms with Crippen LogP contribution in [0.3, 0.4) is 0 Å². The third-order valence-corrected chi connectivity index (χ3v) is 4.77. The van der Waals surface area contributed by atoms with Gasteiger partial charge in [-0.1, -0.05) is 18.5 Å². The number of carbonyl (C=O) groups excluding carboxylic acids is 1. The summed E-state index contributed by atoms with van der Waals surface area (Å²) in [6.07, 6.45) is 6.76. The normalized spacial score (nSPS) is 17.8. The fourth-order valence-corrected chi connectivity index (χ4v) is 3.51. The van der Waals surface area contributed by atoms with Crippen molar-refractivity contribution in [3.05, 3.63) is 47.0 Å². The lowest BCUT2D eigenvalue weighted by Gasteiger charge is -2.34. The van der Waals surface area contributed by atoms with Crippen molar-refractivity contribution in [3.63, 3.8) is 0 Å². The zero-order valence-corrected chi connectivity index (χ0v) is 14.8. The number of piperidine rings is 1. The average molecular weight is 348 g/mol. The van der Waals surface area contributed by atoms with E-state index in [0.717, 1.165) is 31.6 Å². The Balaban J connectivity index is 1.82. The molecule has 1 amide bonds. The summed E-state index contributed by atoms with van der Waals surface area (Å²) in [5, 5.41) is 0.538. The van der Waals surface area contributed by atoms with Crippen LogP contribution in [-0.4, -0.2) is 40.6 Å². The molecule has 1 fully saturated rings. The first-order chi connectivity index (χ1) is 11.6. The van der Waals surface area contributed by atoms with Crippen molar-refractivity contribution in [1.82, 2.24) is 14.5 Å². The number of halogens is 1. The van der Waals surface area contributed by atoms with Gasteiger partial charge in [0.2, 0.25) is 0 Å². The summed E-state index contributed by atoms with van der Waals surface area (Å²) in [6, 6.07) is 5.42. The van der Waals surface area contributed by atoms with Crippen molar-refractivity contribution < 1.29 is 9.53 Å². The first-order valence-electron chi connectivity index (χ1n) is 8.28. The second-order valence-electron chi connectivity index (χ2n) is 6.00. The quantitative estimate of drug-likeness (QED) is 0.849. The van der Waals surface area contributed by atoms with Gasteiger partial charge in [-0.25, -0.2) is 4.98 Å². The molecule has 0 N–H and O–H groups in total. The summed E-state index contributed by atoms with van der Waals surface area (Å²) in [5.74, 6) is 1.59. The number of hydrogen-bond donors (Lipinski definition) is 0. The van der Waals surface area contributed by atoms with Crippen LogP contribution in [0.2, 0.25) is 5.02 Å². The average Bonchev–Trinajstić information content (AvgIpc) is 3.10. The van der Waals surface area contributed by atoms with Crippen LogP contribution in [0.15, 0.2) is 30.6 Å². The molecular formula is C18H22ClN3O2. The molecule has 1 aliphatic heterocycles. The Morgan fingerprint density at radius 2 is 2.29 bits per heavy atom. The molecule has 1 saturated heterocycles. The van der Waals surface area contributed by atoms with Crippen LogP contribution in [0, 0.1) is 0 Å². The standard InChI is InChI=1S/C18H22ClN3O2/c1-3-17-20-8-10-22(17)14-5-4-9-21(12-14)18(23)15-11-13(19)6-7-16(15)24-2/h6-8,10-11,14H,3-5,9,12H2,1-2H3/t14-/m1/s1. The number of amides is 1. The van der Waals surface area contributed by atoms with Gasteiger partial charge < -0.3 is 14.2 Å². The molecule has 3 rings (SSSR count). The molecule has 5 nitrogen and oxygen atoms in total. The van der Waals surface area contributed by atoms with Crippen molar-refractivity contribution in [3.8, 4) is 5.75 Å². The van der Waals surface area contributed by atoms with E-state index in [9.17, 15) is 4.79 Å². The summed E-state index contributed by atoms with van der Waals surface area (Å²) in [6.45, 7) is 3.53. The Hall–Kier alpha value is -2.01. The highest BCUT2D eigenvalue weighted by Crippen LogP contribution is 2.28. The van der Waals surface area contributed by atoms with E-state index in [-0.39, 0.29) is 11.9 Å². The maximum absolute atomic E-state index is 13.0. The molecule has 1 atom stereocenters. The lowest BCUT2D eigenvalue weighted by molar-refractivity contribution is 0.0674. The Kier molecular flexibility index (Phi) is 5.09. The molecule has 0 spiro atoms. The number of nitrogens with zero attached hydrogens (tertiary/aromatic N) is 3. The van der Waals surface area contributed by atoms with Crippen molar-refractivity contribution in [2.24, 2.45) is 0 Å². The highest BCUT2D eigenvalue weighted by atomic mass is 35.5. The Morgan fingerprint density at radius 1 is 1.46 bits per heavy atom. The van der Waals surface area contributed by atoms with Gasteiger partial charge in [0.05, 0.1) is 18.7 Å². The van der Waals surface area contributed by atoms with Gasteiger partial charge in [-0.15, -0.1) is 0 Å². The minimum absolute atomic E-state index is 0.0304. The molecule has 0 saturated carbocycles. The topological polar surface area (TPSA) is 47.4 Å². The van der Waals surface area contributed by atoms with Gasteiger partial charge >= 0.3 is 0 Å². The maximum Gasteiger partial charge on any atom is 0.257 e. The first kappa shape index (κ1) is 16.8. The fraction of sp³-hybridized carbons (Fsp3) is 0.444. The van der Waals surface area contributed by atoms with Crippen molar-refractivity contribution >= 4 is 17.5 Å². The number of imidazole rings is 1. The number of aromatic nitrogens is 2. The molecule has 0 radical (unpaired) electrons. The van der Waals surface area contributed by atoms with E-state index in [1.54, 1.807) is 25.3 Å². The van der Waals surface area contributed by atoms with Crippen LogP contribution >= 0.6 is 11.6 Å². The van der Waals surface area contributed by atoms with E-state index >= 15 is 0 Å². The predicted molar refractivity (Wildman–Crippen MR) is 93.8 cm³/mol. The van der Waals surface area contributed by atoms with Gasteiger partial charge in [-0.2, -0.15) is 0 Å². The van der Waals surface area contributed by atoms with Gasteiger partial charge in [-0.05, 0) is 31.0 Å². The summed E-state index contributed by atoms with van der Waals surface area (Å²) >= 11 is 6.07. The minimum Gasteiger partial charge on any atom is -0.496 e. The first-order valence-corrected chi connectivity index (χ1v) is 8.66. The highest BCUT2D eigenvalue weighted by molar-refractivity contribution is 6.31. The highest BCUT2D eigenvalue weighted by Gasteiger charge is 2.28. The van der Waals surface area contributed by atoms with Gasteiger partial charge in [0, 0.05) is 36.9 Å². The zero-order valence-electron chi connectivity index (χ0n) is 14.0.